The predicted molar refractivity (Wildman–Crippen MR) is 228 cm³/mol. The second-order valence-corrected chi connectivity index (χ2v) is 21.5. The Bertz CT molecular complexity index is 2900. The highest BCUT2D eigenvalue weighted by molar-refractivity contribution is 8.15. The van der Waals surface area contributed by atoms with Gasteiger partial charge in [-0.25, -0.2) is 47.9 Å². The number of aliphatic hydroxyl groups is 3. The van der Waals surface area contributed by atoms with E-state index in [4.69, 9.17) is 67.0 Å². The van der Waals surface area contributed by atoms with Crippen LogP contribution in [0.3, 0.4) is 0 Å². The van der Waals surface area contributed by atoms with Crippen LogP contribution in [0.4, 0.5) is 11.6 Å². The molecule has 26 nitrogen and oxygen atoms in total. The number of hydrogen-bond donors (Lipinski definition) is 8. The highest BCUT2D eigenvalue weighted by Crippen LogP contribution is 2.68. The number of phosphoric acid groups is 1. The average molecular weight is 997 g/mol. The standard InChI is InChI=1S/C34H35N10O16P3S2/c35-28-21-30(39-12-37-28)43(14-41-21)32-25(47)24(46)19(56-32)10-55-62(52,64)60-63(53,65)59-61(50,51)54-11-20-27(26(48)33(57-20)44-15-42-22-29(36)38-13-40-31(22)44)58-34(49)18-8-6-17(7-9-18)23(45)16-4-2-1-3-5-16/h1-9,12-15,19-20,24-27,32-33,46-48H,10-11H2,(H,50,51)(H,52,64)(H,53,65)(H2,35,37,39)(H2,36,38,40)/t19-,20-,24-,25-,26-,27-,32-,33-,62?,63?/m1/s1. The van der Waals surface area contributed by atoms with Gasteiger partial charge in [0, 0.05) is 11.1 Å². The van der Waals surface area contributed by atoms with Crippen LogP contribution in [0.5, 0.6) is 0 Å². The molecule has 0 amide bonds. The quantitative estimate of drug-likeness (QED) is 0.0377. The van der Waals surface area contributed by atoms with Crippen molar-refractivity contribution in [2.75, 3.05) is 24.7 Å². The Labute approximate surface area is 374 Å². The number of rotatable bonds is 16. The molecule has 6 heterocycles. The van der Waals surface area contributed by atoms with Crippen molar-refractivity contribution in [3.8, 4) is 0 Å². The maximum atomic E-state index is 13.5. The number of aromatic nitrogens is 8. The largest absolute Gasteiger partial charge is 0.479 e. The van der Waals surface area contributed by atoms with Crippen molar-refractivity contribution in [1.82, 2.24) is 39.0 Å². The first kappa shape index (κ1) is 46.8. The number of benzene rings is 2. The molecule has 0 radical (unpaired) electrons. The summed E-state index contributed by atoms with van der Waals surface area (Å²) in [6.07, 6.45) is -7.52. The lowest BCUT2D eigenvalue weighted by atomic mass is 10.0. The molecule has 2 fully saturated rings. The topological polar surface area (TPSA) is 376 Å². The van der Waals surface area contributed by atoms with E-state index >= 15 is 0 Å². The fourth-order valence-corrected chi connectivity index (χ4v) is 13.3. The van der Waals surface area contributed by atoms with Gasteiger partial charge < -0.3 is 60.2 Å². The van der Waals surface area contributed by atoms with E-state index in [2.05, 4.69) is 29.9 Å². The number of carbonyl (C=O) groups is 2. The van der Waals surface area contributed by atoms with Gasteiger partial charge in [-0.15, -0.1) is 0 Å². The first-order valence-electron chi connectivity index (χ1n) is 18.6. The van der Waals surface area contributed by atoms with Crippen LogP contribution in [0, 0.1) is 0 Å². The summed E-state index contributed by atoms with van der Waals surface area (Å²) in [7, 11) is -5.52. The van der Waals surface area contributed by atoms with Crippen molar-refractivity contribution < 1.29 is 76.0 Å². The molecule has 11 atom stereocenters. The number of fused-ring (bicyclic) bond motifs is 2. The zero-order valence-corrected chi connectivity index (χ0v) is 37.0. The number of imidazole rings is 2. The molecule has 2 aliphatic heterocycles. The molecule has 0 spiro atoms. The summed E-state index contributed by atoms with van der Waals surface area (Å²) in [5.74, 6) is -1.27. The van der Waals surface area contributed by atoms with E-state index in [-0.39, 0.29) is 50.9 Å². The summed E-state index contributed by atoms with van der Waals surface area (Å²) in [6, 6.07) is 13.9. The molecule has 344 valence electrons. The normalized spacial score (nSPS) is 26.1. The van der Waals surface area contributed by atoms with E-state index < -0.39 is 89.5 Å². The monoisotopic (exact) mass is 996 g/mol. The summed E-state index contributed by atoms with van der Waals surface area (Å²) in [5.41, 5.74) is 13.0. The predicted octanol–water partition coefficient (Wildman–Crippen LogP) is 0.765. The third-order valence-electron chi connectivity index (χ3n) is 9.85. The third kappa shape index (κ3) is 10.0. The maximum absolute atomic E-state index is 13.5. The number of aliphatic hydroxyl groups excluding tert-OH is 3. The SMILES string of the molecule is Nc1ncnc2c1ncn2[C@@H]1O[C@H](COP(O)(=S)OP(O)(=S)OP(=O)(O)OC[C@H]2O[C@@H](n3cnc4c(N)ncnc43)[C@H](O)[C@@H]2OC(=O)c2ccc(C(=O)c3ccccc3)cc2)[C@@H](O)[C@H]1O. The van der Waals surface area contributed by atoms with Crippen molar-refractivity contribution in [2.45, 2.75) is 49.1 Å². The third-order valence-corrected chi connectivity index (χ3v) is 16.2. The number of carbonyl (C=O) groups excluding carboxylic acids is 2. The summed E-state index contributed by atoms with van der Waals surface area (Å²) < 4.78 is 52.9. The minimum absolute atomic E-state index is 0.00373. The fraction of sp³-hybridized carbons (Fsp3) is 0.294. The lowest BCUT2D eigenvalue weighted by molar-refractivity contribution is -0.0519. The molecule has 2 aromatic carbocycles. The molecule has 0 saturated carbocycles. The van der Waals surface area contributed by atoms with E-state index in [1.807, 2.05) is 0 Å². The zero-order valence-electron chi connectivity index (χ0n) is 32.7. The van der Waals surface area contributed by atoms with Crippen LogP contribution in [0.25, 0.3) is 22.3 Å². The zero-order chi connectivity index (χ0) is 46.4. The molecular formula is C34H35N10O16P3S2. The second kappa shape index (κ2) is 18.5. The summed E-state index contributed by atoms with van der Waals surface area (Å²) in [5, 5.41) is 32.9. The lowest BCUT2D eigenvalue weighted by Gasteiger charge is -2.25. The Morgan fingerprint density at radius 1 is 0.662 bits per heavy atom. The first-order chi connectivity index (χ1) is 30.8. The number of nitrogens with zero attached hydrogens (tertiary/aromatic N) is 8. The summed E-state index contributed by atoms with van der Waals surface area (Å²) >= 11 is 9.74. The minimum atomic E-state index is -5.52. The number of phosphoric ester groups is 1. The molecule has 31 heteroatoms. The average Bonchev–Trinajstić information content (AvgIpc) is 4.03. The van der Waals surface area contributed by atoms with Crippen LogP contribution in [0.15, 0.2) is 79.9 Å². The highest BCUT2D eigenvalue weighted by atomic mass is 32.5. The van der Waals surface area contributed by atoms with Crippen LogP contribution in [0.2, 0.25) is 0 Å². The Morgan fingerprint density at radius 2 is 1.18 bits per heavy atom. The Morgan fingerprint density at radius 3 is 1.78 bits per heavy atom. The number of esters is 1. The number of ketones is 1. The van der Waals surface area contributed by atoms with Gasteiger partial charge in [0.1, 0.15) is 54.2 Å². The van der Waals surface area contributed by atoms with Crippen molar-refractivity contribution in [3.05, 3.63) is 96.6 Å². The van der Waals surface area contributed by atoms with E-state index in [1.165, 1.54) is 46.1 Å². The Kier molecular flexibility index (Phi) is 13.4. The molecule has 10 N–H and O–H groups in total. The Hall–Kier alpha value is -4.67. The molecule has 0 bridgehead atoms. The Balaban J connectivity index is 0.921. The van der Waals surface area contributed by atoms with Crippen molar-refractivity contribution in [2.24, 2.45) is 0 Å². The van der Waals surface area contributed by atoms with Gasteiger partial charge in [-0.1, -0.05) is 42.5 Å². The van der Waals surface area contributed by atoms with E-state index in [9.17, 15) is 44.2 Å². The highest BCUT2D eigenvalue weighted by Gasteiger charge is 2.50. The van der Waals surface area contributed by atoms with Gasteiger partial charge in [0.15, 0.2) is 47.3 Å². The van der Waals surface area contributed by atoms with Gasteiger partial charge in [0.2, 0.25) is 0 Å². The molecule has 3 unspecified atom stereocenters. The first-order valence-corrected chi connectivity index (χ1v) is 25.3. The molecule has 2 aliphatic rings. The van der Waals surface area contributed by atoms with Gasteiger partial charge in [0.25, 0.3) is 0 Å². The van der Waals surface area contributed by atoms with Gasteiger partial charge in [0.05, 0.1) is 31.4 Å². The number of anilines is 2. The molecule has 2 saturated heterocycles. The second-order valence-electron chi connectivity index (χ2n) is 14.1. The number of ether oxygens (including phenoxy) is 3. The van der Waals surface area contributed by atoms with Gasteiger partial charge in [-0.05, 0) is 35.7 Å². The van der Waals surface area contributed by atoms with Gasteiger partial charge in [-0.2, -0.15) is 0 Å². The van der Waals surface area contributed by atoms with E-state index in [0.717, 1.165) is 12.7 Å². The molecule has 0 aliphatic carbocycles. The number of nitrogen functional groups attached to an aromatic ring is 2. The molecule has 4 aromatic heterocycles. The van der Waals surface area contributed by atoms with Crippen LogP contribution in [-0.4, -0.2) is 131 Å². The summed E-state index contributed by atoms with van der Waals surface area (Å²) in [4.78, 5) is 82.6. The number of nitrogens with two attached hydrogens (primary N) is 2. The van der Waals surface area contributed by atoms with Crippen LogP contribution in [0.1, 0.15) is 38.7 Å². The van der Waals surface area contributed by atoms with Gasteiger partial charge >= 0.3 is 27.2 Å². The number of hydrogen-bond acceptors (Lipinski definition) is 23. The van der Waals surface area contributed by atoms with Crippen molar-refractivity contribution >= 4 is 90.6 Å². The van der Waals surface area contributed by atoms with Crippen molar-refractivity contribution in [3.63, 3.8) is 0 Å². The van der Waals surface area contributed by atoms with E-state index in [1.54, 1.807) is 30.3 Å². The molecular weight excluding hydrogens is 961 g/mol. The summed E-state index contributed by atoms with van der Waals surface area (Å²) in [6.45, 7) is -11.5. The maximum Gasteiger partial charge on any atom is 0.479 e. The van der Waals surface area contributed by atoms with Crippen molar-refractivity contribution in [1.29, 1.82) is 0 Å². The molecule has 8 rings (SSSR count). The molecule has 65 heavy (non-hydrogen) atoms. The van der Waals surface area contributed by atoms with Gasteiger partial charge in [-0.3, -0.25) is 18.5 Å². The molecule has 6 aromatic rings. The van der Waals surface area contributed by atoms with Crippen LogP contribution < -0.4 is 11.5 Å². The van der Waals surface area contributed by atoms with Crippen LogP contribution >= 0.6 is 21.3 Å². The van der Waals surface area contributed by atoms with Crippen LogP contribution in [-0.2, 0) is 60.1 Å². The fourth-order valence-electron chi connectivity index (χ4n) is 6.80. The lowest BCUT2D eigenvalue weighted by Crippen LogP contribution is -2.38. The van der Waals surface area contributed by atoms with E-state index in [0.29, 0.717) is 5.56 Å². The minimum Gasteiger partial charge on any atom is -0.453 e. The smallest absolute Gasteiger partial charge is 0.453 e.